The first-order chi connectivity index (χ1) is 11.9. The highest BCUT2D eigenvalue weighted by Gasteiger charge is 2.39. The molecule has 0 aliphatic carbocycles. The number of nitrogens with zero attached hydrogens (tertiary/aromatic N) is 3. The van der Waals surface area contributed by atoms with Gasteiger partial charge < -0.3 is 9.64 Å². The largest absolute Gasteiger partial charge is 0.497 e. The van der Waals surface area contributed by atoms with E-state index < -0.39 is 15.1 Å². The average Bonchev–Trinajstić information content (AvgIpc) is 2.95. The van der Waals surface area contributed by atoms with Crippen LogP contribution < -0.4 is 4.74 Å². The number of benzene rings is 1. The lowest BCUT2D eigenvalue weighted by atomic mass is 10.1. The van der Waals surface area contributed by atoms with E-state index in [4.69, 9.17) is 4.74 Å². The Morgan fingerprint density at radius 3 is 2.68 bits per heavy atom. The van der Waals surface area contributed by atoms with Crippen molar-refractivity contribution in [3.8, 4) is 17.0 Å². The van der Waals surface area contributed by atoms with Crippen molar-refractivity contribution in [2.75, 3.05) is 26.0 Å². The molecule has 0 radical (unpaired) electrons. The molecular formula is C17H21N3O4S. The van der Waals surface area contributed by atoms with Crippen LogP contribution in [-0.2, 0) is 16.9 Å². The summed E-state index contributed by atoms with van der Waals surface area (Å²) in [6.07, 6.45) is 0. The number of methoxy groups -OCH3 is 1. The minimum Gasteiger partial charge on any atom is -0.497 e. The third-order valence-corrected chi connectivity index (χ3v) is 6.63. The fourth-order valence-corrected chi connectivity index (χ4v) is 4.11. The second-order valence-corrected chi connectivity index (χ2v) is 8.62. The maximum atomic E-state index is 12.6. The molecule has 1 fully saturated rings. The van der Waals surface area contributed by atoms with Crippen molar-refractivity contribution >= 4 is 15.7 Å². The number of carbonyl (C=O) groups excluding carboxylic acids is 1. The lowest BCUT2D eigenvalue weighted by Crippen LogP contribution is -2.57. The molecular weight excluding hydrogens is 342 g/mol. The molecule has 7 nitrogen and oxygen atoms in total. The third-order valence-electron chi connectivity index (χ3n) is 4.51. The summed E-state index contributed by atoms with van der Waals surface area (Å²) in [6, 6.07) is 9.17. The van der Waals surface area contributed by atoms with Gasteiger partial charge in [-0.1, -0.05) is 19.1 Å². The Hall–Kier alpha value is -2.35. The van der Waals surface area contributed by atoms with Crippen LogP contribution in [-0.4, -0.2) is 60.2 Å². The number of rotatable bonds is 5. The Morgan fingerprint density at radius 2 is 2.04 bits per heavy atom. The lowest BCUT2D eigenvalue weighted by molar-refractivity contribution is 0.0647. The van der Waals surface area contributed by atoms with Gasteiger partial charge in [-0.05, 0) is 18.2 Å². The van der Waals surface area contributed by atoms with Crippen molar-refractivity contribution in [2.24, 2.45) is 7.05 Å². The zero-order valence-electron chi connectivity index (χ0n) is 14.5. The van der Waals surface area contributed by atoms with E-state index in [1.165, 1.54) is 4.68 Å². The van der Waals surface area contributed by atoms with Gasteiger partial charge in [0.15, 0.2) is 9.84 Å². The summed E-state index contributed by atoms with van der Waals surface area (Å²) in [4.78, 5) is 14.2. The highest BCUT2D eigenvalue weighted by atomic mass is 32.2. The maximum absolute atomic E-state index is 12.6. The first-order valence-electron chi connectivity index (χ1n) is 8.05. The zero-order chi connectivity index (χ0) is 18.2. The fraction of sp³-hybridized carbons (Fsp3) is 0.412. The Balaban J connectivity index is 1.78. The Labute approximate surface area is 147 Å². The Kier molecular flexibility index (Phi) is 4.55. The molecule has 8 heteroatoms. The molecule has 1 aromatic carbocycles. The molecule has 2 aromatic rings. The average molecular weight is 363 g/mol. The number of likely N-dealkylation sites (tertiary alicyclic amines) is 1. The van der Waals surface area contributed by atoms with Gasteiger partial charge in [0.05, 0.1) is 18.1 Å². The molecule has 1 saturated heterocycles. The predicted octanol–water partition coefficient (Wildman–Crippen LogP) is 1.35. The molecule has 0 unspecified atom stereocenters. The van der Waals surface area contributed by atoms with Crippen LogP contribution in [0.15, 0.2) is 30.3 Å². The summed E-state index contributed by atoms with van der Waals surface area (Å²) in [6.45, 7) is 2.12. The van der Waals surface area contributed by atoms with E-state index in [1.54, 1.807) is 32.0 Å². The zero-order valence-corrected chi connectivity index (χ0v) is 15.3. The lowest BCUT2D eigenvalue weighted by Gasteiger charge is -2.38. The second-order valence-electron chi connectivity index (χ2n) is 6.05. The van der Waals surface area contributed by atoms with Gasteiger partial charge in [-0.15, -0.1) is 0 Å². The van der Waals surface area contributed by atoms with Crippen molar-refractivity contribution in [3.63, 3.8) is 0 Å². The molecule has 25 heavy (non-hydrogen) atoms. The topological polar surface area (TPSA) is 81.5 Å². The minimum absolute atomic E-state index is 0.103. The van der Waals surface area contributed by atoms with Crippen LogP contribution >= 0.6 is 0 Å². The molecule has 0 saturated carbocycles. The Bertz CT molecular complexity index is 898. The summed E-state index contributed by atoms with van der Waals surface area (Å²) >= 11 is 0. The van der Waals surface area contributed by atoms with Gasteiger partial charge in [0.1, 0.15) is 11.4 Å². The van der Waals surface area contributed by atoms with Crippen LogP contribution in [0.1, 0.15) is 17.4 Å². The van der Waals surface area contributed by atoms with Gasteiger partial charge in [0.2, 0.25) is 0 Å². The fourth-order valence-electron chi connectivity index (χ4n) is 2.82. The quantitative estimate of drug-likeness (QED) is 0.801. The van der Waals surface area contributed by atoms with E-state index in [-0.39, 0.29) is 24.7 Å². The van der Waals surface area contributed by atoms with Gasteiger partial charge in [-0.25, -0.2) is 8.42 Å². The number of hydrogen-bond donors (Lipinski definition) is 0. The molecule has 134 valence electrons. The van der Waals surface area contributed by atoms with Crippen molar-refractivity contribution in [1.82, 2.24) is 14.7 Å². The number of carbonyl (C=O) groups is 1. The minimum atomic E-state index is -3.10. The number of hydrogen-bond acceptors (Lipinski definition) is 5. The summed E-state index contributed by atoms with van der Waals surface area (Å²) in [7, 11) is 0.204. The maximum Gasteiger partial charge on any atom is 0.272 e. The van der Waals surface area contributed by atoms with E-state index in [2.05, 4.69) is 5.10 Å². The number of aryl methyl sites for hydroxylation is 1. The van der Waals surface area contributed by atoms with E-state index in [9.17, 15) is 13.2 Å². The molecule has 1 aliphatic heterocycles. The van der Waals surface area contributed by atoms with E-state index >= 15 is 0 Å². The van der Waals surface area contributed by atoms with Gasteiger partial charge >= 0.3 is 0 Å². The molecule has 1 amide bonds. The Morgan fingerprint density at radius 1 is 1.32 bits per heavy atom. The number of amides is 1. The van der Waals surface area contributed by atoms with Gasteiger partial charge in [-0.2, -0.15) is 5.10 Å². The van der Waals surface area contributed by atoms with Crippen LogP contribution in [0.4, 0.5) is 0 Å². The van der Waals surface area contributed by atoms with E-state index in [1.807, 2.05) is 24.3 Å². The third kappa shape index (κ3) is 3.26. The van der Waals surface area contributed by atoms with Crippen molar-refractivity contribution in [1.29, 1.82) is 0 Å². The summed E-state index contributed by atoms with van der Waals surface area (Å²) in [5.74, 6) is 0.615. The molecule has 1 aliphatic rings. The van der Waals surface area contributed by atoms with Gasteiger partial charge in [-0.3, -0.25) is 9.48 Å². The van der Waals surface area contributed by atoms with Crippen LogP contribution in [0.5, 0.6) is 5.75 Å². The number of aromatic nitrogens is 2. The number of sulfone groups is 1. The smallest absolute Gasteiger partial charge is 0.272 e. The standard InChI is InChI=1S/C17H21N3O4S/c1-4-25(22,23)14-10-20(11-14)17(21)16-9-15(18-19(16)2)12-6-5-7-13(8-12)24-3/h5-9,14H,4,10-11H2,1-3H3. The summed E-state index contributed by atoms with van der Waals surface area (Å²) in [5, 5.41) is 3.95. The van der Waals surface area contributed by atoms with Crippen LogP contribution in [0.25, 0.3) is 11.3 Å². The van der Waals surface area contributed by atoms with E-state index in [0.717, 1.165) is 5.56 Å². The highest BCUT2D eigenvalue weighted by Crippen LogP contribution is 2.25. The first-order valence-corrected chi connectivity index (χ1v) is 9.76. The molecule has 3 rings (SSSR count). The molecule has 1 aromatic heterocycles. The molecule has 0 spiro atoms. The normalized spacial score (nSPS) is 15.1. The summed E-state index contributed by atoms with van der Waals surface area (Å²) < 4.78 is 30.4. The predicted molar refractivity (Wildman–Crippen MR) is 94.3 cm³/mol. The molecule has 0 atom stereocenters. The van der Waals surface area contributed by atoms with Crippen LogP contribution in [0.3, 0.4) is 0 Å². The monoisotopic (exact) mass is 363 g/mol. The molecule has 2 heterocycles. The second kappa shape index (κ2) is 6.51. The first kappa shape index (κ1) is 17.5. The van der Waals surface area contributed by atoms with Gasteiger partial charge in [0, 0.05) is 31.5 Å². The van der Waals surface area contributed by atoms with Crippen molar-refractivity contribution < 1.29 is 17.9 Å². The SMILES string of the molecule is CCS(=O)(=O)C1CN(C(=O)c2cc(-c3cccc(OC)c3)nn2C)C1. The number of ether oxygens (including phenoxy) is 1. The highest BCUT2D eigenvalue weighted by molar-refractivity contribution is 7.92. The van der Waals surface area contributed by atoms with Crippen molar-refractivity contribution in [2.45, 2.75) is 12.2 Å². The summed E-state index contributed by atoms with van der Waals surface area (Å²) in [5.41, 5.74) is 1.96. The van der Waals surface area contributed by atoms with Crippen LogP contribution in [0, 0.1) is 0 Å². The van der Waals surface area contributed by atoms with Crippen LogP contribution in [0.2, 0.25) is 0 Å². The molecule has 0 N–H and O–H groups in total. The molecule has 0 bridgehead atoms. The van der Waals surface area contributed by atoms with Crippen molar-refractivity contribution in [3.05, 3.63) is 36.0 Å². The van der Waals surface area contributed by atoms with Gasteiger partial charge in [0.25, 0.3) is 5.91 Å². The van der Waals surface area contributed by atoms with E-state index in [0.29, 0.717) is 17.1 Å².